The van der Waals surface area contributed by atoms with Crippen LogP contribution in [0.2, 0.25) is 0 Å². The highest BCUT2D eigenvalue weighted by Crippen LogP contribution is 2.63. The van der Waals surface area contributed by atoms with Crippen molar-refractivity contribution >= 4 is 11.9 Å². The molecule has 0 saturated heterocycles. The van der Waals surface area contributed by atoms with E-state index < -0.39 is 23.1 Å². The van der Waals surface area contributed by atoms with Gasteiger partial charge in [0.2, 0.25) is 0 Å². The first-order chi connectivity index (χ1) is 15.9. The quantitative estimate of drug-likeness (QED) is 0.483. The second kappa shape index (κ2) is 7.39. The molecule has 0 spiro atoms. The largest absolute Gasteiger partial charge is 0.457 e. The lowest BCUT2D eigenvalue weighted by atomic mass is 9.48. The zero-order valence-electron chi connectivity index (χ0n) is 20.6. The van der Waals surface area contributed by atoms with Gasteiger partial charge in [-0.2, -0.15) is 8.78 Å². The van der Waals surface area contributed by atoms with E-state index in [9.17, 15) is 18.4 Å². The standard InChI is InChI=1S/C27H38F2O5/c1-24(18-5-15-4-16(7-18)8-19(24)6-15)33-22(30)14-32-27-11-17-9-20(12-27)25(2,21(10-17)13-27)34-23(31)26(3,28)29/h15-21H,4-14H2,1-3H3. The Morgan fingerprint density at radius 2 is 1.26 bits per heavy atom. The predicted octanol–water partition coefficient (Wildman–Crippen LogP) is 5.30. The van der Waals surface area contributed by atoms with E-state index in [4.69, 9.17) is 14.2 Å². The van der Waals surface area contributed by atoms with Gasteiger partial charge < -0.3 is 14.2 Å². The SMILES string of the molecule is CC(F)(F)C(=O)OC1(C)C2CC3CC1CC(OCC(=O)OC1(C)C4CC5CC(C4)CC1C5)(C3)C2. The predicted molar refractivity (Wildman–Crippen MR) is 119 cm³/mol. The van der Waals surface area contributed by atoms with Gasteiger partial charge in [0, 0.05) is 18.8 Å². The number of hydrogen-bond acceptors (Lipinski definition) is 5. The molecule has 8 aliphatic rings. The van der Waals surface area contributed by atoms with E-state index in [1.54, 1.807) is 0 Å². The van der Waals surface area contributed by atoms with Gasteiger partial charge in [0.15, 0.2) is 0 Å². The monoisotopic (exact) mass is 480 g/mol. The molecule has 0 radical (unpaired) electrons. The molecular weight excluding hydrogens is 442 g/mol. The Morgan fingerprint density at radius 3 is 1.79 bits per heavy atom. The molecule has 0 amide bonds. The summed E-state index contributed by atoms with van der Waals surface area (Å²) < 4.78 is 45.2. The van der Waals surface area contributed by atoms with Crippen molar-refractivity contribution < 1.29 is 32.6 Å². The van der Waals surface area contributed by atoms with Crippen LogP contribution in [0, 0.1) is 41.4 Å². The van der Waals surface area contributed by atoms with Crippen molar-refractivity contribution in [1.82, 2.24) is 0 Å². The Bertz CT molecular complexity index is 835. The van der Waals surface area contributed by atoms with Gasteiger partial charge >= 0.3 is 17.9 Å². The Hall–Kier alpha value is -1.24. The fourth-order valence-corrected chi connectivity index (χ4v) is 9.52. The van der Waals surface area contributed by atoms with E-state index in [1.165, 1.54) is 32.1 Å². The third-order valence-corrected chi connectivity index (χ3v) is 11.0. The van der Waals surface area contributed by atoms with Crippen LogP contribution >= 0.6 is 0 Å². The van der Waals surface area contributed by atoms with Crippen LogP contribution in [-0.2, 0) is 23.8 Å². The first-order valence-electron chi connectivity index (χ1n) is 13.4. The van der Waals surface area contributed by atoms with E-state index in [1.807, 2.05) is 6.92 Å². The molecule has 0 aromatic heterocycles. The fraction of sp³-hybridized carbons (Fsp3) is 0.926. The molecule has 8 aliphatic carbocycles. The number of carbonyl (C=O) groups excluding carboxylic acids is 2. The lowest BCUT2D eigenvalue weighted by Crippen LogP contribution is -2.65. The molecule has 0 heterocycles. The molecule has 8 bridgehead atoms. The van der Waals surface area contributed by atoms with E-state index in [2.05, 4.69) is 6.92 Å². The van der Waals surface area contributed by atoms with Crippen molar-refractivity contribution in [2.45, 2.75) is 108 Å². The van der Waals surface area contributed by atoms with E-state index >= 15 is 0 Å². The zero-order chi connectivity index (χ0) is 24.1. The molecular formula is C27H38F2O5. The van der Waals surface area contributed by atoms with Gasteiger partial charge in [0.05, 0.1) is 5.60 Å². The minimum absolute atomic E-state index is 0.0250. The summed E-state index contributed by atoms with van der Waals surface area (Å²) in [5, 5.41) is 0. The second-order valence-electron chi connectivity index (χ2n) is 13.2. The molecule has 8 rings (SSSR count). The number of esters is 2. The number of alkyl halides is 2. The normalized spacial score (nSPS) is 50.4. The van der Waals surface area contributed by atoms with Gasteiger partial charge in [0.1, 0.15) is 17.8 Å². The van der Waals surface area contributed by atoms with E-state index in [0.717, 1.165) is 31.1 Å². The third-order valence-electron chi connectivity index (χ3n) is 11.0. The lowest BCUT2D eigenvalue weighted by Gasteiger charge is -2.63. The number of carbonyl (C=O) groups is 2. The summed E-state index contributed by atoms with van der Waals surface area (Å²) in [5.74, 6) is -2.27. The van der Waals surface area contributed by atoms with Gasteiger partial charge in [-0.25, -0.2) is 9.59 Å². The van der Waals surface area contributed by atoms with Gasteiger partial charge in [-0.05, 0) is 108 Å². The number of hydrogen-bond donors (Lipinski definition) is 0. The molecule has 0 N–H and O–H groups in total. The van der Waals surface area contributed by atoms with Crippen molar-refractivity contribution in [1.29, 1.82) is 0 Å². The maximum absolute atomic E-state index is 13.6. The minimum Gasteiger partial charge on any atom is -0.457 e. The molecule has 34 heavy (non-hydrogen) atoms. The van der Waals surface area contributed by atoms with Crippen molar-refractivity contribution in [3.63, 3.8) is 0 Å². The van der Waals surface area contributed by atoms with Crippen LogP contribution in [0.5, 0.6) is 0 Å². The summed E-state index contributed by atoms with van der Waals surface area (Å²) in [6, 6.07) is 0. The minimum atomic E-state index is -3.50. The van der Waals surface area contributed by atoms with Crippen LogP contribution in [0.1, 0.15) is 85.0 Å². The first kappa shape index (κ1) is 23.2. The summed E-state index contributed by atoms with van der Waals surface area (Å²) >= 11 is 0. The summed E-state index contributed by atoms with van der Waals surface area (Å²) in [6.07, 6.45) is 9.95. The summed E-state index contributed by atoms with van der Waals surface area (Å²) in [4.78, 5) is 25.0. The van der Waals surface area contributed by atoms with Gasteiger partial charge in [0.25, 0.3) is 0 Å². The van der Waals surface area contributed by atoms with Crippen molar-refractivity contribution in [3.8, 4) is 0 Å². The molecule has 8 saturated carbocycles. The number of rotatable bonds is 6. The summed E-state index contributed by atoms with van der Waals surface area (Å²) in [7, 11) is 0. The Balaban J connectivity index is 1.10. The van der Waals surface area contributed by atoms with Crippen LogP contribution in [0.3, 0.4) is 0 Å². The molecule has 2 unspecified atom stereocenters. The molecule has 0 aromatic rings. The smallest absolute Gasteiger partial charge is 0.377 e. The van der Waals surface area contributed by atoms with Crippen LogP contribution in [-0.4, -0.2) is 41.3 Å². The molecule has 7 heteroatoms. The van der Waals surface area contributed by atoms with E-state index in [-0.39, 0.29) is 30.0 Å². The third kappa shape index (κ3) is 3.54. The molecule has 190 valence electrons. The Kier molecular flexibility index (Phi) is 5.04. The Labute approximate surface area is 200 Å². The van der Waals surface area contributed by atoms with Gasteiger partial charge in [-0.1, -0.05) is 0 Å². The van der Waals surface area contributed by atoms with Crippen LogP contribution in [0.25, 0.3) is 0 Å². The maximum Gasteiger partial charge on any atom is 0.377 e. The number of ether oxygens (including phenoxy) is 3. The summed E-state index contributed by atoms with van der Waals surface area (Å²) in [6.45, 7) is 4.50. The summed E-state index contributed by atoms with van der Waals surface area (Å²) in [5.41, 5.74) is -1.71. The van der Waals surface area contributed by atoms with Gasteiger partial charge in [-0.3, -0.25) is 0 Å². The highest BCUT2D eigenvalue weighted by atomic mass is 19.3. The van der Waals surface area contributed by atoms with Crippen molar-refractivity contribution in [2.75, 3.05) is 6.61 Å². The average Bonchev–Trinajstić information content (AvgIpc) is 2.73. The molecule has 0 aromatic carbocycles. The molecule has 5 nitrogen and oxygen atoms in total. The zero-order valence-corrected chi connectivity index (χ0v) is 20.6. The second-order valence-corrected chi connectivity index (χ2v) is 13.2. The van der Waals surface area contributed by atoms with Crippen molar-refractivity contribution in [3.05, 3.63) is 0 Å². The van der Waals surface area contributed by atoms with E-state index in [0.29, 0.717) is 37.5 Å². The molecule has 8 fully saturated rings. The lowest BCUT2D eigenvalue weighted by molar-refractivity contribution is -0.258. The average molecular weight is 481 g/mol. The molecule has 0 aliphatic heterocycles. The Morgan fingerprint density at radius 1 is 0.765 bits per heavy atom. The van der Waals surface area contributed by atoms with Crippen LogP contribution in [0.4, 0.5) is 8.78 Å². The van der Waals surface area contributed by atoms with Crippen molar-refractivity contribution in [2.24, 2.45) is 41.4 Å². The van der Waals surface area contributed by atoms with Crippen LogP contribution in [0.15, 0.2) is 0 Å². The number of halogens is 2. The highest BCUT2D eigenvalue weighted by Gasteiger charge is 2.64. The van der Waals surface area contributed by atoms with Crippen LogP contribution < -0.4 is 0 Å². The highest BCUT2D eigenvalue weighted by molar-refractivity contribution is 5.77. The first-order valence-corrected chi connectivity index (χ1v) is 13.4. The van der Waals surface area contributed by atoms with Gasteiger partial charge in [-0.15, -0.1) is 0 Å². The maximum atomic E-state index is 13.6. The molecule has 2 atom stereocenters. The fourth-order valence-electron chi connectivity index (χ4n) is 9.52. The topological polar surface area (TPSA) is 61.8 Å².